The standard InChI is InChI=1S/C15H22N2O2S/c1-3-9-19-10-5-8-17-15(18)14-11-12(2)13(20-14)6-4-7-16/h11H,3,5,7-10,16H2,1-2H3,(H,17,18). The lowest BCUT2D eigenvalue weighted by Crippen LogP contribution is -2.24. The number of thiophene rings is 1. The molecule has 0 aliphatic heterocycles. The van der Waals surface area contributed by atoms with E-state index in [0.717, 1.165) is 29.9 Å². The van der Waals surface area contributed by atoms with Crippen LogP contribution in [0.5, 0.6) is 0 Å². The number of ether oxygens (including phenoxy) is 1. The first-order valence-electron chi connectivity index (χ1n) is 6.84. The molecule has 1 heterocycles. The van der Waals surface area contributed by atoms with Gasteiger partial charge in [-0.15, -0.1) is 11.3 Å². The molecule has 0 aromatic carbocycles. The Morgan fingerprint density at radius 3 is 3.00 bits per heavy atom. The van der Waals surface area contributed by atoms with Crippen LogP contribution in [0, 0.1) is 18.8 Å². The Balaban J connectivity index is 2.40. The molecule has 110 valence electrons. The van der Waals surface area contributed by atoms with Crippen molar-refractivity contribution in [3.05, 3.63) is 21.4 Å². The molecule has 1 aromatic rings. The Kier molecular flexibility index (Phi) is 7.97. The number of carbonyl (C=O) groups is 1. The van der Waals surface area contributed by atoms with Gasteiger partial charge in [-0.2, -0.15) is 0 Å². The quantitative estimate of drug-likeness (QED) is 0.596. The number of nitrogens with one attached hydrogen (secondary N) is 1. The van der Waals surface area contributed by atoms with Crippen LogP contribution in [0.15, 0.2) is 6.07 Å². The Bertz CT molecular complexity index is 486. The second-order valence-corrected chi connectivity index (χ2v) is 5.40. The van der Waals surface area contributed by atoms with Crippen LogP contribution < -0.4 is 11.1 Å². The van der Waals surface area contributed by atoms with Crippen molar-refractivity contribution < 1.29 is 9.53 Å². The molecule has 0 atom stereocenters. The summed E-state index contributed by atoms with van der Waals surface area (Å²) in [5.74, 6) is 5.74. The van der Waals surface area contributed by atoms with E-state index in [-0.39, 0.29) is 5.91 Å². The van der Waals surface area contributed by atoms with Crippen LogP contribution >= 0.6 is 11.3 Å². The topological polar surface area (TPSA) is 64.3 Å². The number of rotatable bonds is 7. The van der Waals surface area contributed by atoms with E-state index in [9.17, 15) is 4.79 Å². The van der Waals surface area contributed by atoms with Crippen molar-refractivity contribution in [3.8, 4) is 11.8 Å². The van der Waals surface area contributed by atoms with Crippen LogP contribution in [0.25, 0.3) is 0 Å². The maximum Gasteiger partial charge on any atom is 0.261 e. The van der Waals surface area contributed by atoms with E-state index < -0.39 is 0 Å². The van der Waals surface area contributed by atoms with Crippen LogP contribution in [0.4, 0.5) is 0 Å². The molecular weight excluding hydrogens is 272 g/mol. The van der Waals surface area contributed by atoms with Gasteiger partial charge >= 0.3 is 0 Å². The zero-order valence-corrected chi connectivity index (χ0v) is 12.9. The van der Waals surface area contributed by atoms with Gasteiger partial charge in [0.05, 0.1) is 16.3 Å². The fourth-order valence-electron chi connectivity index (χ4n) is 1.56. The summed E-state index contributed by atoms with van der Waals surface area (Å²) in [6, 6.07) is 1.87. The summed E-state index contributed by atoms with van der Waals surface area (Å²) < 4.78 is 5.36. The van der Waals surface area contributed by atoms with E-state index in [0.29, 0.717) is 24.6 Å². The van der Waals surface area contributed by atoms with Crippen LogP contribution in [-0.2, 0) is 4.74 Å². The summed E-state index contributed by atoms with van der Waals surface area (Å²) in [6.45, 7) is 6.45. The molecule has 1 aromatic heterocycles. The molecule has 3 N–H and O–H groups in total. The van der Waals surface area contributed by atoms with E-state index >= 15 is 0 Å². The predicted octanol–water partition coefficient (Wildman–Crippen LogP) is 1.91. The van der Waals surface area contributed by atoms with Gasteiger partial charge in [0.15, 0.2) is 0 Å². The fourth-order valence-corrected chi connectivity index (χ4v) is 2.52. The Labute approximate surface area is 124 Å². The maximum atomic E-state index is 12.0. The summed E-state index contributed by atoms with van der Waals surface area (Å²) in [5, 5.41) is 2.89. The summed E-state index contributed by atoms with van der Waals surface area (Å²) in [7, 11) is 0. The highest BCUT2D eigenvalue weighted by atomic mass is 32.1. The minimum absolute atomic E-state index is 0.0469. The molecule has 1 amide bonds. The number of aryl methyl sites for hydroxylation is 1. The van der Waals surface area contributed by atoms with Gasteiger partial charge in [-0.1, -0.05) is 18.8 Å². The summed E-state index contributed by atoms with van der Waals surface area (Å²) in [6.07, 6.45) is 1.85. The predicted molar refractivity (Wildman–Crippen MR) is 83.0 cm³/mol. The van der Waals surface area contributed by atoms with Gasteiger partial charge in [-0.3, -0.25) is 4.79 Å². The largest absolute Gasteiger partial charge is 0.381 e. The van der Waals surface area contributed by atoms with E-state index in [1.54, 1.807) is 0 Å². The minimum atomic E-state index is -0.0469. The molecule has 0 radical (unpaired) electrons. The van der Waals surface area contributed by atoms with Crippen molar-refractivity contribution in [2.75, 3.05) is 26.3 Å². The van der Waals surface area contributed by atoms with Gasteiger partial charge in [0, 0.05) is 19.8 Å². The van der Waals surface area contributed by atoms with Gasteiger partial charge in [0.1, 0.15) is 0 Å². The molecule has 4 nitrogen and oxygen atoms in total. The highest BCUT2D eigenvalue weighted by Gasteiger charge is 2.10. The average molecular weight is 294 g/mol. The summed E-state index contributed by atoms with van der Waals surface area (Å²) >= 11 is 1.41. The number of carbonyl (C=O) groups excluding carboxylic acids is 1. The van der Waals surface area contributed by atoms with Crippen LogP contribution in [-0.4, -0.2) is 32.2 Å². The van der Waals surface area contributed by atoms with Crippen LogP contribution in [0.2, 0.25) is 0 Å². The SMILES string of the molecule is CCCOCCCNC(=O)c1cc(C)c(C#CCN)s1. The monoisotopic (exact) mass is 294 g/mol. The molecule has 0 saturated carbocycles. The second-order valence-electron chi connectivity index (χ2n) is 4.35. The third-order valence-electron chi connectivity index (χ3n) is 2.55. The number of hydrogen-bond donors (Lipinski definition) is 2. The molecular formula is C15H22N2O2S. The van der Waals surface area contributed by atoms with Gasteiger partial charge < -0.3 is 15.8 Å². The van der Waals surface area contributed by atoms with E-state index in [4.69, 9.17) is 10.5 Å². The van der Waals surface area contributed by atoms with Gasteiger partial charge in [-0.05, 0) is 31.4 Å². The molecule has 5 heteroatoms. The van der Waals surface area contributed by atoms with Crippen LogP contribution in [0.1, 0.15) is 39.9 Å². The molecule has 1 rings (SSSR count). The second kappa shape index (κ2) is 9.54. The van der Waals surface area contributed by atoms with Crippen molar-refractivity contribution in [2.45, 2.75) is 26.7 Å². The first-order valence-corrected chi connectivity index (χ1v) is 7.66. The van der Waals surface area contributed by atoms with Crippen molar-refractivity contribution in [1.82, 2.24) is 5.32 Å². The molecule has 0 saturated heterocycles. The van der Waals surface area contributed by atoms with Gasteiger partial charge in [0.2, 0.25) is 0 Å². The highest BCUT2D eigenvalue weighted by molar-refractivity contribution is 7.14. The molecule has 0 spiro atoms. The lowest BCUT2D eigenvalue weighted by atomic mass is 10.2. The number of hydrogen-bond acceptors (Lipinski definition) is 4. The fraction of sp³-hybridized carbons (Fsp3) is 0.533. The zero-order valence-electron chi connectivity index (χ0n) is 12.1. The molecule has 20 heavy (non-hydrogen) atoms. The first-order chi connectivity index (χ1) is 9.69. The Morgan fingerprint density at radius 1 is 1.50 bits per heavy atom. The normalized spacial score (nSPS) is 9.95. The van der Waals surface area contributed by atoms with Crippen LogP contribution in [0.3, 0.4) is 0 Å². The lowest BCUT2D eigenvalue weighted by Gasteiger charge is -2.04. The van der Waals surface area contributed by atoms with E-state index in [1.807, 2.05) is 13.0 Å². The van der Waals surface area contributed by atoms with Crippen molar-refractivity contribution >= 4 is 17.2 Å². The van der Waals surface area contributed by atoms with Gasteiger partial charge in [-0.25, -0.2) is 0 Å². The molecule has 0 fully saturated rings. The molecule has 0 bridgehead atoms. The molecule has 0 aliphatic carbocycles. The van der Waals surface area contributed by atoms with E-state index in [2.05, 4.69) is 24.1 Å². The minimum Gasteiger partial charge on any atom is -0.381 e. The van der Waals surface area contributed by atoms with Crippen molar-refractivity contribution in [2.24, 2.45) is 5.73 Å². The third kappa shape index (κ3) is 5.74. The van der Waals surface area contributed by atoms with Crippen molar-refractivity contribution in [3.63, 3.8) is 0 Å². The summed E-state index contributed by atoms with van der Waals surface area (Å²) in [4.78, 5) is 13.6. The number of nitrogens with two attached hydrogens (primary N) is 1. The number of amides is 1. The Hall–Kier alpha value is -1.35. The highest BCUT2D eigenvalue weighted by Crippen LogP contribution is 2.20. The van der Waals surface area contributed by atoms with E-state index in [1.165, 1.54) is 11.3 Å². The smallest absolute Gasteiger partial charge is 0.261 e. The lowest BCUT2D eigenvalue weighted by molar-refractivity contribution is 0.0945. The zero-order chi connectivity index (χ0) is 14.8. The molecule has 0 unspecified atom stereocenters. The first kappa shape index (κ1) is 16.7. The molecule has 0 aliphatic rings. The van der Waals surface area contributed by atoms with Crippen molar-refractivity contribution in [1.29, 1.82) is 0 Å². The van der Waals surface area contributed by atoms with Gasteiger partial charge in [0.25, 0.3) is 5.91 Å². The third-order valence-corrected chi connectivity index (χ3v) is 3.70. The summed E-state index contributed by atoms with van der Waals surface area (Å²) in [5.41, 5.74) is 6.37. The average Bonchev–Trinajstić information content (AvgIpc) is 2.81. The Morgan fingerprint density at radius 2 is 2.30 bits per heavy atom. The maximum absolute atomic E-state index is 12.0.